The Kier molecular flexibility index (Phi) is 7.01. The van der Waals surface area contributed by atoms with E-state index in [0.717, 1.165) is 10.0 Å². The molecule has 3 rings (SSSR count). The number of hydrogen-bond acceptors (Lipinski definition) is 6. The van der Waals surface area contributed by atoms with Crippen LogP contribution in [0.5, 0.6) is 5.75 Å². The van der Waals surface area contributed by atoms with E-state index >= 15 is 0 Å². The maximum atomic E-state index is 12.7. The van der Waals surface area contributed by atoms with E-state index in [1.807, 2.05) is 4.90 Å². The van der Waals surface area contributed by atoms with E-state index < -0.39 is 10.0 Å². The van der Waals surface area contributed by atoms with E-state index in [9.17, 15) is 18.3 Å². The van der Waals surface area contributed by atoms with Crippen LogP contribution in [0.1, 0.15) is 5.56 Å². The fourth-order valence-electron chi connectivity index (χ4n) is 2.86. The van der Waals surface area contributed by atoms with Crippen LogP contribution in [0.25, 0.3) is 0 Å². The lowest BCUT2D eigenvalue weighted by Gasteiger charge is -2.33. The quantitative estimate of drug-likeness (QED) is 0.482. The lowest BCUT2D eigenvalue weighted by molar-refractivity contribution is -0.122. The lowest BCUT2D eigenvalue weighted by atomic mass is 10.2. The number of phenols is 1. The molecule has 29 heavy (non-hydrogen) atoms. The van der Waals surface area contributed by atoms with Gasteiger partial charge in [0, 0.05) is 30.7 Å². The number of carbonyl (C=O) groups excluding carboxylic acids is 1. The van der Waals surface area contributed by atoms with E-state index in [2.05, 4.69) is 26.5 Å². The Morgan fingerprint density at radius 2 is 1.69 bits per heavy atom. The molecule has 1 aliphatic rings. The highest BCUT2D eigenvalue weighted by Gasteiger charge is 2.28. The molecule has 0 radical (unpaired) electrons. The first-order valence-corrected chi connectivity index (χ1v) is 11.2. The number of hydrazone groups is 1. The minimum atomic E-state index is -3.53. The van der Waals surface area contributed by atoms with Crippen LogP contribution >= 0.6 is 15.9 Å². The van der Waals surface area contributed by atoms with Gasteiger partial charge in [-0.1, -0.05) is 15.9 Å². The molecule has 2 aromatic rings. The largest absolute Gasteiger partial charge is 0.508 e. The summed E-state index contributed by atoms with van der Waals surface area (Å²) in [6, 6.07) is 13.0. The zero-order valence-electron chi connectivity index (χ0n) is 15.5. The molecule has 0 spiro atoms. The summed E-state index contributed by atoms with van der Waals surface area (Å²) in [5, 5.41) is 13.1. The molecule has 1 amide bonds. The first-order chi connectivity index (χ1) is 13.8. The number of piperazine rings is 1. The Bertz CT molecular complexity index is 970. The Hall–Kier alpha value is -2.27. The fourth-order valence-corrected chi connectivity index (χ4v) is 4.55. The number of nitrogens with one attached hydrogen (secondary N) is 1. The standard InChI is InChI=1S/C19H21BrN4O4S/c20-16-3-7-18(8-4-16)29(27,28)24-11-9-23(10-12-24)14-19(26)22-21-13-15-1-5-17(25)6-2-15/h1-8,13,25H,9-12,14H2,(H,22,26). The molecule has 0 aliphatic carbocycles. The van der Waals surface area contributed by atoms with Gasteiger partial charge in [0.25, 0.3) is 5.91 Å². The highest BCUT2D eigenvalue weighted by atomic mass is 79.9. The summed E-state index contributed by atoms with van der Waals surface area (Å²) < 4.78 is 27.7. The van der Waals surface area contributed by atoms with Crippen molar-refractivity contribution in [3.63, 3.8) is 0 Å². The van der Waals surface area contributed by atoms with Gasteiger partial charge in [0.15, 0.2) is 0 Å². The van der Waals surface area contributed by atoms with Gasteiger partial charge in [-0.15, -0.1) is 0 Å². The Morgan fingerprint density at radius 3 is 2.31 bits per heavy atom. The maximum absolute atomic E-state index is 12.7. The zero-order chi connectivity index (χ0) is 20.9. The molecule has 10 heteroatoms. The second-order valence-corrected chi connectivity index (χ2v) is 9.37. The highest BCUT2D eigenvalue weighted by Crippen LogP contribution is 2.20. The summed E-state index contributed by atoms with van der Waals surface area (Å²) in [6.07, 6.45) is 1.49. The number of hydrogen-bond donors (Lipinski definition) is 2. The molecule has 154 valence electrons. The summed E-state index contributed by atoms with van der Waals surface area (Å²) in [4.78, 5) is 14.2. The lowest BCUT2D eigenvalue weighted by Crippen LogP contribution is -2.50. The molecular weight excluding hydrogens is 460 g/mol. The molecule has 0 aromatic heterocycles. The third kappa shape index (κ3) is 5.86. The van der Waals surface area contributed by atoms with E-state index in [1.165, 1.54) is 22.7 Å². The van der Waals surface area contributed by atoms with Crippen molar-refractivity contribution >= 4 is 38.1 Å². The second kappa shape index (κ2) is 9.49. The molecule has 1 saturated heterocycles. The molecule has 0 bridgehead atoms. The van der Waals surface area contributed by atoms with Crippen LogP contribution in [0.3, 0.4) is 0 Å². The van der Waals surface area contributed by atoms with Crippen LogP contribution in [0, 0.1) is 0 Å². The molecular formula is C19H21BrN4O4S. The van der Waals surface area contributed by atoms with Crippen molar-refractivity contribution in [3.8, 4) is 5.75 Å². The minimum absolute atomic E-state index is 0.138. The number of rotatable bonds is 6. The summed E-state index contributed by atoms with van der Waals surface area (Å²) in [7, 11) is -3.53. The molecule has 0 atom stereocenters. The number of aromatic hydroxyl groups is 1. The zero-order valence-corrected chi connectivity index (χ0v) is 17.9. The predicted molar refractivity (Wildman–Crippen MR) is 113 cm³/mol. The van der Waals surface area contributed by atoms with E-state index in [4.69, 9.17) is 0 Å². The van der Waals surface area contributed by atoms with Crippen molar-refractivity contribution in [2.45, 2.75) is 4.90 Å². The van der Waals surface area contributed by atoms with Gasteiger partial charge in [-0.05, 0) is 54.1 Å². The summed E-state index contributed by atoms with van der Waals surface area (Å²) in [5.41, 5.74) is 3.20. The third-order valence-electron chi connectivity index (χ3n) is 4.45. The van der Waals surface area contributed by atoms with Crippen LogP contribution in [0.4, 0.5) is 0 Å². The molecule has 2 N–H and O–H groups in total. The van der Waals surface area contributed by atoms with Crippen LogP contribution in [0.2, 0.25) is 0 Å². The average molecular weight is 481 g/mol. The van der Waals surface area contributed by atoms with Crippen molar-refractivity contribution in [2.75, 3.05) is 32.7 Å². The predicted octanol–water partition coefficient (Wildman–Crippen LogP) is 1.61. The number of phenolic OH excluding ortho intramolecular Hbond substituents is 1. The smallest absolute Gasteiger partial charge is 0.254 e. The molecule has 0 unspecified atom stereocenters. The van der Waals surface area contributed by atoms with Crippen molar-refractivity contribution in [1.82, 2.24) is 14.6 Å². The van der Waals surface area contributed by atoms with Crippen molar-refractivity contribution < 1.29 is 18.3 Å². The first-order valence-electron chi connectivity index (χ1n) is 8.93. The summed E-state index contributed by atoms with van der Waals surface area (Å²) in [6.45, 7) is 1.71. The Morgan fingerprint density at radius 1 is 1.07 bits per heavy atom. The van der Waals surface area contributed by atoms with Crippen LogP contribution < -0.4 is 5.43 Å². The number of halogens is 1. The summed E-state index contributed by atoms with van der Waals surface area (Å²) in [5.74, 6) is -0.114. The van der Waals surface area contributed by atoms with Gasteiger partial charge in [-0.25, -0.2) is 13.8 Å². The fraction of sp³-hybridized carbons (Fsp3) is 0.263. The van der Waals surface area contributed by atoms with Gasteiger partial charge in [0.05, 0.1) is 17.7 Å². The number of benzene rings is 2. The topological polar surface area (TPSA) is 102 Å². The maximum Gasteiger partial charge on any atom is 0.254 e. The van der Waals surface area contributed by atoms with Gasteiger partial charge >= 0.3 is 0 Å². The van der Waals surface area contributed by atoms with Crippen LogP contribution in [-0.4, -0.2) is 67.6 Å². The molecule has 1 heterocycles. The monoisotopic (exact) mass is 480 g/mol. The number of carbonyl (C=O) groups is 1. The van der Waals surface area contributed by atoms with Gasteiger partial charge in [0.1, 0.15) is 5.75 Å². The molecule has 1 fully saturated rings. The Labute approximate surface area is 178 Å². The van der Waals surface area contributed by atoms with Gasteiger partial charge < -0.3 is 5.11 Å². The van der Waals surface area contributed by atoms with Gasteiger partial charge in [-0.3, -0.25) is 9.69 Å². The number of sulfonamides is 1. The molecule has 0 saturated carbocycles. The summed E-state index contributed by atoms with van der Waals surface area (Å²) >= 11 is 3.30. The van der Waals surface area contributed by atoms with Gasteiger partial charge in [0.2, 0.25) is 10.0 Å². The molecule has 2 aromatic carbocycles. The van der Waals surface area contributed by atoms with E-state index in [1.54, 1.807) is 36.4 Å². The van der Waals surface area contributed by atoms with Crippen molar-refractivity contribution in [1.29, 1.82) is 0 Å². The van der Waals surface area contributed by atoms with E-state index in [-0.39, 0.29) is 23.1 Å². The van der Waals surface area contributed by atoms with E-state index in [0.29, 0.717) is 26.2 Å². The van der Waals surface area contributed by atoms with Crippen LogP contribution in [0.15, 0.2) is 63.0 Å². The molecule has 8 nitrogen and oxygen atoms in total. The van der Waals surface area contributed by atoms with Crippen molar-refractivity contribution in [2.24, 2.45) is 5.10 Å². The molecule has 1 aliphatic heterocycles. The third-order valence-corrected chi connectivity index (χ3v) is 6.89. The minimum Gasteiger partial charge on any atom is -0.508 e. The average Bonchev–Trinajstić information content (AvgIpc) is 2.70. The first kappa shape index (κ1) is 21.4. The van der Waals surface area contributed by atoms with Crippen LogP contribution in [-0.2, 0) is 14.8 Å². The Balaban J connectivity index is 1.47. The number of amides is 1. The van der Waals surface area contributed by atoms with Gasteiger partial charge in [-0.2, -0.15) is 9.41 Å². The second-order valence-electron chi connectivity index (χ2n) is 6.52. The normalized spacial score (nSPS) is 16.2. The highest BCUT2D eigenvalue weighted by molar-refractivity contribution is 9.10. The number of nitrogens with zero attached hydrogens (tertiary/aromatic N) is 3. The SMILES string of the molecule is O=C(CN1CCN(S(=O)(=O)c2ccc(Br)cc2)CC1)NN=Cc1ccc(O)cc1. The van der Waals surface area contributed by atoms with Crippen molar-refractivity contribution in [3.05, 3.63) is 58.6 Å².